The first-order valence-corrected chi connectivity index (χ1v) is 5.87. The van der Waals surface area contributed by atoms with Gasteiger partial charge in [-0.2, -0.15) is 0 Å². The Labute approximate surface area is 103 Å². The number of nitrogens with one attached hydrogen (secondary N) is 1. The van der Waals surface area contributed by atoms with Crippen LogP contribution in [0.3, 0.4) is 0 Å². The minimum absolute atomic E-state index is 0.0191. The van der Waals surface area contributed by atoms with Crippen LogP contribution in [0.2, 0.25) is 0 Å². The van der Waals surface area contributed by atoms with Crippen LogP contribution in [0.15, 0.2) is 16.6 Å². The summed E-state index contributed by atoms with van der Waals surface area (Å²) >= 11 is 3.06. The van der Waals surface area contributed by atoms with Crippen molar-refractivity contribution in [1.82, 2.24) is 0 Å². The average Bonchev–Trinajstić information content (AvgIpc) is 2.21. The van der Waals surface area contributed by atoms with Crippen molar-refractivity contribution in [3.05, 3.63) is 22.4 Å². The normalized spacial score (nSPS) is 12.9. The number of nitrogens with two attached hydrogens (primary N) is 1. The zero-order chi connectivity index (χ0) is 12.3. The van der Waals surface area contributed by atoms with E-state index in [2.05, 4.69) is 21.2 Å². The van der Waals surface area contributed by atoms with Crippen LogP contribution < -0.4 is 11.1 Å². The summed E-state index contributed by atoms with van der Waals surface area (Å²) in [6.45, 7) is 3.92. The van der Waals surface area contributed by atoms with E-state index in [1.165, 1.54) is 12.1 Å². The topological polar surface area (TPSA) is 58.3 Å². The molecule has 1 aromatic rings. The Morgan fingerprint density at radius 3 is 2.62 bits per heavy atom. The van der Waals surface area contributed by atoms with E-state index in [-0.39, 0.29) is 24.4 Å². The van der Waals surface area contributed by atoms with Crippen LogP contribution in [-0.2, 0) is 0 Å². The number of hydrogen-bond donors (Lipinski definition) is 3. The number of nitrogen functional groups attached to an aromatic ring is 1. The van der Waals surface area contributed by atoms with Gasteiger partial charge >= 0.3 is 0 Å². The van der Waals surface area contributed by atoms with Gasteiger partial charge in [0.1, 0.15) is 5.82 Å². The van der Waals surface area contributed by atoms with Crippen molar-refractivity contribution in [2.45, 2.75) is 19.9 Å². The molecule has 0 amide bonds. The van der Waals surface area contributed by atoms with E-state index in [9.17, 15) is 4.39 Å². The van der Waals surface area contributed by atoms with Crippen molar-refractivity contribution in [1.29, 1.82) is 0 Å². The highest BCUT2D eigenvalue weighted by molar-refractivity contribution is 9.10. The molecule has 1 unspecified atom stereocenters. The van der Waals surface area contributed by atoms with Crippen LogP contribution in [0, 0.1) is 11.7 Å². The molecule has 0 spiro atoms. The highest BCUT2D eigenvalue weighted by atomic mass is 79.9. The summed E-state index contributed by atoms with van der Waals surface area (Å²) in [6.07, 6.45) is 0. The van der Waals surface area contributed by atoms with Crippen molar-refractivity contribution in [2.24, 2.45) is 5.92 Å². The Bertz CT molecular complexity index is 371. The van der Waals surface area contributed by atoms with Gasteiger partial charge in [0.05, 0.1) is 28.5 Å². The summed E-state index contributed by atoms with van der Waals surface area (Å²) in [5.74, 6) is -0.145. The summed E-state index contributed by atoms with van der Waals surface area (Å²) in [7, 11) is 0. The minimum Gasteiger partial charge on any atom is -0.397 e. The number of anilines is 2. The van der Waals surface area contributed by atoms with Crippen LogP contribution in [-0.4, -0.2) is 17.8 Å². The summed E-state index contributed by atoms with van der Waals surface area (Å²) in [5.41, 5.74) is 6.71. The average molecular weight is 291 g/mol. The largest absolute Gasteiger partial charge is 0.397 e. The van der Waals surface area contributed by atoms with Gasteiger partial charge in [0, 0.05) is 6.07 Å². The molecule has 0 aliphatic heterocycles. The fourth-order valence-corrected chi connectivity index (χ4v) is 1.67. The molecule has 1 aromatic carbocycles. The molecule has 90 valence electrons. The maximum Gasteiger partial charge on any atom is 0.139 e. The van der Waals surface area contributed by atoms with E-state index in [4.69, 9.17) is 10.8 Å². The zero-order valence-corrected chi connectivity index (χ0v) is 10.9. The Morgan fingerprint density at radius 2 is 2.12 bits per heavy atom. The lowest BCUT2D eigenvalue weighted by Gasteiger charge is -2.22. The third-order valence-corrected chi connectivity index (χ3v) is 3.04. The standard InChI is InChI=1S/C11H16BrFN2O/c1-6(2)11(5-16)15-10-4-8(13)7(12)3-9(10)14/h3-4,6,11,15-16H,5,14H2,1-2H3. The molecule has 5 heteroatoms. The number of rotatable bonds is 4. The molecule has 0 heterocycles. The van der Waals surface area contributed by atoms with Gasteiger partial charge in [-0.3, -0.25) is 0 Å². The second kappa shape index (κ2) is 5.50. The van der Waals surface area contributed by atoms with Crippen molar-refractivity contribution in [3.63, 3.8) is 0 Å². The van der Waals surface area contributed by atoms with Crippen molar-refractivity contribution >= 4 is 27.3 Å². The molecule has 0 radical (unpaired) electrons. The first-order valence-electron chi connectivity index (χ1n) is 5.07. The molecule has 0 aromatic heterocycles. The van der Waals surface area contributed by atoms with Crippen LogP contribution in [0.1, 0.15) is 13.8 Å². The summed E-state index contributed by atoms with van der Waals surface area (Å²) in [6, 6.07) is 2.69. The molecule has 0 aliphatic carbocycles. The van der Waals surface area contributed by atoms with Gasteiger partial charge in [0.15, 0.2) is 0 Å². The van der Waals surface area contributed by atoms with Crippen molar-refractivity contribution in [3.8, 4) is 0 Å². The van der Waals surface area contributed by atoms with Crippen LogP contribution in [0.25, 0.3) is 0 Å². The Balaban J connectivity index is 2.92. The van der Waals surface area contributed by atoms with Gasteiger partial charge < -0.3 is 16.2 Å². The van der Waals surface area contributed by atoms with Gasteiger partial charge in [-0.05, 0) is 27.9 Å². The van der Waals surface area contributed by atoms with E-state index < -0.39 is 0 Å². The highest BCUT2D eigenvalue weighted by Crippen LogP contribution is 2.27. The van der Waals surface area contributed by atoms with Crippen LogP contribution >= 0.6 is 15.9 Å². The van der Waals surface area contributed by atoms with Gasteiger partial charge in [-0.1, -0.05) is 13.8 Å². The second-order valence-electron chi connectivity index (χ2n) is 4.03. The minimum atomic E-state index is -0.378. The number of aliphatic hydroxyl groups excluding tert-OH is 1. The number of hydrogen-bond acceptors (Lipinski definition) is 3. The molecule has 0 aliphatic rings. The highest BCUT2D eigenvalue weighted by Gasteiger charge is 2.14. The molecule has 0 bridgehead atoms. The van der Waals surface area contributed by atoms with Gasteiger partial charge in [-0.25, -0.2) is 4.39 Å². The van der Waals surface area contributed by atoms with E-state index in [0.717, 1.165) is 0 Å². The van der Waals surface area contributed by atoms with E-state index in [0.29, 0.717) is 15.8 Å². The Kier molecular flexibility index (Phi) is 4.56. The molecule has 1 rings (SSSR count). The summed E-state index contributed by atoms with van der Waals surface area (Å²) in [4.78, 5) is 0. The molecule has 0 saturated heterocycles. The lowest BCUT2D eigenvalue weighted by atomic mass is 10.0. The smallest absolute Gasteiger partial charge is 0.139 e. The summed E-state index contributed by atoms with van der Waals surface area (Å²) in [5, 5.41) is 12.2. The van der Waals surface area contributed by atoms with Crippen molar-refractivity contribution in [2.75, 3.05) is 17.7 Å². The predicted molar refractivity (Wildman–Crippen MR) is 67.8 cm³/mol. The lowest BCUT2D eigenvalue weighted by molar-refractivity contribution is 0.249. The first-order chi connectivity index (χ1) is 7.45. The van der Waals surface area contributed by atoms with Crippen LogP contribution in [0.4, 0.5) is 15.8 Å². The van der Waals surface area contributed by atoms with Gasteiger partial charge in [-0.15, -0.1) is 0 Å². The maximum absolute atomic E-state index is 13.3. The van der Waals surface area contributed by atoms with E-state index in [1.54, 1.807) is 0 Å². The molecule has 0 fully saturated rings. The number of benzene rings is 1. The van der Waals surface area contributed by atoms with Gasteiger partial charge in [0.2, 0.25) is 0 Å². The molecule has 0 saturated carbocycles. The third kappa shape index (κ3) is 3.09. The number of halogens is 2. The summed E-state index contributed by atoms with van der Waals surface area (Å²) < 4.78 is 13.6. The SMILES string of the molecule is CC(C)C(CO)Nc1cc(F)c(Br)cc1N. The zero-order valence-electron chi connectivity index (χ0n) is 9.30. The van der Waals surface area contributed by atoms with Crippen LogP contribution in [0.5, 0.6) is 0 Å². The molecule has 3 nitrogen and oxygen atoms in total. The number of aliphatic hydroxyl groups is 1. The van der Waals surface area contributed by atoms with E-state index >= 15 is 0 Å². The molecule has 1 atom stereocenters. The van der Waals surface area contributed by atoms with E-state index in [1.807, 2.05) is 13.8 Å². The monoisotopic (exact) mass is 290 g/mol. The Morgan fingerprint density at radius 1 is 1.50 bits per heavy atom. The van der Waals surface area contributed by atoms with Gasteiger partial charge in [0.25, 0.3) is 0 Å². The second-order valence-corrected chi connectivity index (χ2v) is 4.89. The first kappa shape index (κ1) is 13.3. The van der Waals surface area contributed by atoms with Crippen molar-refractivity contribution < 1.29 is 9.50 Å². The molecular formula is C11H16BrFN2O. The molecular weight excluding hydrogens is 275 g/mol. The predicted octanol–water partition coefficient (Wildman–Crippen LogP) is 2.60. The Hall–Kier alpha value is -0.810. The lowest BCUT2D eigenvalue weighted by Crippen LogP contribution is -2.29. The molecule has 4 N–H and O–H groups in total. The third-order valence-electron chi connectivity index (χ3n) is 2.43. The quantitative estimate of drug-likeness (QED) is 0.747. The molecule has 16 heavy (non-hydrogen) atoms. The maximum atomic E-state index is 13.3. The fraction of sp³-hybridized carbons (Fsp3) is 0.455. The fourth-order valence-electron chi connectivity index (χ4n) is 1.31.